The first-order chi connectivity index (χ1) is 14.1. The number of amides is 1. The molecule has 1 atom stereocenters. The van der Waals surface area contributed by atoms with Gasteiger partial charge in [0.25, 0.3) is 5.69 Å². The van der Waals surface area contributed by atoms with Crippen molar-refractivity contribution in [3.8, 4) is 5.75 Å². The molecule has 0 aliphatic carbocycles. The predicted octanol–water partition coefficient (Wildman–Crippen LogP) is 4.61. The van der Waals surface area contributed by atoms with Gasteiger partial charge in [-0.25, -0.2) is 9.59 Å². The number of rotatable bonds is 6. The van der Waals surface area contributed by atoms with Crippen molar-refractivity contribution in [1.29, 1.82) is 0 Å². The lowest BCUT2D eigenvalue weighted by Crippen LogP contribution is -2.37. The second kappa shape index (κ2) is 10.8. The fourth-order valence-corrected chi connectivity index (χ4v) is 3.38. The Morgan fingerprint density at radius 3 is 2.53 bits per heavy atom. The Bertz CT molecular complexity index is 774. The lowest BCUT2D eigenvalue weighted by Gasteiger charge is -2.26. The number of nitrogens with zero attached hydrogens (tertiary/aromatic N) is 2. The molecule has 0 aromatic heterocycles. The average molecular weight is 437 g/mol. The Labute approximate surface area is 176 Å². The zero-order valence-electron chi connectivity index (χ0n) is 17.5. The summed E-state index contributed by atoms with van der Waals surface area (Å²) in [5, 5.41) is 10.7. The van der Waals surface area contributed by atoms with E-state index in [1.165, 1.54) is 24.3 Å². The lowest BCUT2D eigenvalue weighted by atomic mass is 10.1. The van der Waals surface area contributed by atoms with Crippen molar-refractivity contribution < 1.29 is 28.7 Å². The zero-order chi connectivity index (χ0) is 22.1. The Kier molecular flexibility index (Phi) is 8.40. The molecule has 0 fully saturated rings. The highest BCUT2D eigenvalue weighted by Gasteiger charge is 2.22. The highest BCUT2D eigenvalue weighted by molar-refractivity contribution is 6.76. The molecule has 164 valence electrons. The van der Waals surface area contributed by atoms with Crippen LogP contribution < -0.4 is 4.74 Å². The van der Waals surface area contributed by atoms with Gasteiger partial charge in [-0.05, 0) is 30.7 Å². The van der Waals surface area contributed by atoms with Gasteiger partial charge in [-0.2, -0.15) is 0 Å². The zero-order valence-corrected chi connectivity index (χ0v) is 18.5. The fraction of sp³-hybridized carbons (Fsp3) is 0.500. The van der Waals surface area contributed by atoms with E-state index in [0.717, 1.165) is 6.04 Å². The molecule has 2 rings (SSSR count). The minimum Gasteiger partial charge on any atom is -0.450 e. The molecule has 0 bridgehead atoms. The quantitative estimate of drug-likeness (QED) is 0.160. The normalized spacial score (nSPS) is 18.0. The van der Waals surface area contributed by atoms with Crippen LogP contribution in [0.4, 0.5) is 15.3 Å². The maximum absolute atomic E-state index is 12.3. The van der Waals surface area contributed by atoms with Gasteiger partial charge in [0, 0.05) is 39.7 Å². The third kappa shape index (κ3) is 8.24. The van der Waals surface area contributed by atoms with Gasteiger partial charge in [-0.15, -0.1) is 0 Å². The topological polar surface area (TPSA) is 108 Å². The Balaban J connectivity index is 1.82. The molecule has 9 nitrogen and oxygen atoms in total. The molecule has 1 heterocycles. The molecule has 0 saturated carbocycles. The number of ether oxygens (including phenoxy) is 3. The molecule has 1 aromatic rings. The van der Waals surface area contributed by atoms with E-state index in [2.05, 4.69) is 19.6 Å². The first-order valence-corrected chi connectivity index (χ1v) is 13.6. The maximum atomic E-state index is 12.3. The third-order valence-corrected chi connectivity index (χ3v) is 6.14. The highest BCUT2D eigenvalue weighted by atomic mass is 28.3. The molecule has 0 radical (unpaired) electrons. The van der Waals surface area contributed by atoms with Crippen LogP contribution in [0.5, 0.6) is 5.75 Å². The molecule has 0 unspecified atom stereocenters. The van der Waals surface area contributed by atoms with Gasteiger partial charge in [0.2, 0.25) is 0 Å². The molecule has 1 aliphatic heterocycles. The molecule has 1 aliphatic rings. The highest BCUT2D eigenvalue weighted by Crippen LogP contribution is 2.19. The van der Waals surface area contributed by atoms with E-state index < -0.39 is 25.3 Å². The molecule has 1 aromatic carbocycles. The number of non-ortho nitro benzene ring substituents is 1. The van der Waals surface area contributed by atoms with Crippen LogP contribution in [0.1, 0.15) is 12.8 Å². The summed E-state index contributed by atoms with van der Waals surface area (Å²) in [6.07, 6.45) is 2.85. The van der Waals surface area contributed by atoms with Crippen molar-refractivity contribution in [2.24, 2.45) is 0 Å². The molecule has 0 saturated heterocycles. The first kappa shape index (κ1) is 23.4. The number of carbonyl (C=O) groups excluding carboxylic acids is 2. The number of hydrogen-bond donors (Lipinski definition) is 0. The van der Waals surface area contributed by atoms with Crippen LogP contribution in [0.15, 0.2) is 36.4 Å². The van der Waals surface area contributed by atoms with E-state index in [-0.39, 0.29) is 17.5 Å². The van der Waals surface area contributed by atoms with Gasteiger partial charge < -0.3 is 19.1 Å². The Hall–Kier alpha value is -2.88. The summed E-state index contributed by atoms with van der Waals surface area (Å²) >= 11 is 0. The van der Waals surface area contributed by atoms with Crippen molar-refractivity contribution in [1.82, 2.24) is 4.90 Å². The fourth-order valence-electron chi connectivity index (χ4n) is 2.67. The van der Waals surface area contributed by atoms with Gasteiger partial charge in [0.05, 0.1) is 11.5 Å². The molecular weight excluding hydrogens is 408 g/mol. The van der Waals surface area contributed by atoms with Crippen LogP contribution in [-0.2, 0) is 9.47 Å². The summed E-state index contributed by atoms with van der Waals surface area (Å²) in [6.45, 7) is 8.02. The summed E-state index contributed by atoms with van der Waals surface area (Å²) < 4.78 is 15.8. The van der Waals surface area contributed by atoms with Gasteiger partial charge >= 0.3 is 12.2 Å². The van der Waals surface area contributed by atoms with Crippen LogP contribution in [-0.4, -0.2) is 55.9 Å². The van der Waals surface area contributed by atoms with Crippen LogP contribution in [0.3, 0.4) is 0 Å². The number of hydrogen-bond acceptors (Lipinski definition) is 7. The van der Waals surface area contributed by atoms with Crippen LogP contribution in [0.25, 0.3) is 0 Å². The minimum atomic E-state index is -1.27. The standard InChI is InChI=1S/C20H28N2O7Si/c1-30(2,3)15-14-27-19(23)21-12-5-4-6-17(11-13-21)28-20(24)29-18-9-7-16(8-10-18)22(25)26/h4,6-10,17H,5,11-15H2,1-3H3/b6-4+/t17-/m1/s1. The summed E-state index contributed by atoms with van der Waals surface area (Å²) in [5.41, 5.74) is -0.101. The summed E-state index contributed by atoms with van der Waals surface area (Å²) in [6, 6.07) is 6.04. The SMILES string of the molecule is C[Si](C)(C)CCOC(=O)N1CC/C=C/[C@@H](OC(=O)Oc2ccc([N+](=O)[O-])cc2)CC1. The van der Waals surface area contributed by atoms with Crippen molar-refractivity contribution in [3.63, 3.8) is 0 Å². The summed E-state index contributed by atoms with van der Waals surface area (Å²) in [4.78, 5) is 36.1. The Morgan fingerprint density at radius 2 is 1.90 bits per heavy atom. The van der Waals surface area contributed by atoms with E-state index in [4.69, 9.17) is 14.2 Å². The van der Waals surface area contributed by atoms with Crippen molar-refractivity contribution >= 4 is 26.0 Å². The predicted molar refractivity (Wildman–Crippen MR) is 113 cm³/mol. The van der Waals surface area contributed by atoms with Crippen LogP contribution in [0, 0.1) is 10.1 Å². The second-order valence-corrected chi connectivity index (χ2v) is 13.8. The second-order valence-electron chi connectivity index (χ2n) is 8.18. The van der Waals surface area contributed by atoms with Gasteiger partial charge in [-0.3, -0.25) is 10.1 Å². The van der Waals surface area contributed by atoms with Crippen molar-refractivity contribution in [2.45, 2.75) is 44.6 Å². The van der Waals surface area contributed by atoms with Gasteiger partial charge in [0.1, 0.15) is 11.9 Å². The number of benzene rings is 1. The molecule has 30 heavy (non-hydrogen) atoms. The number of nitro benzene ring substituents is 1. The molecular formula is C20H28N2O7Si. The molecule has 0 spiro atoms. The van der Waals surface area contributed by atoms with Crippen molar-refractivity contribution in [3.05, 3.63) is 46.5 Å². The number of nitro groups is 1. The average Bonchev–Trinajstić information content (AvgIpc) is 2.63. The lowest BCUT2D eigenvalue weighted by molar-refractivity contribution is -0.384. The summed E-state index contributed by atoms with van der Waals surface area (Å²) in [5.74, 6) is 0.146. The largest absolute Gasteiger partial charge is 0.514 e. The minimum absolute atomic E-state index is 0.101. The smallest absolute Gasteiger partial charge is 0.450 e. The van der Waals surface area contributed by atoms with E-state index in [1.807, 2.05) is 6.08 Å². The van der Waals surface area contributed by atoms with Gasteiger partial charge in [0.15, 0.2) is 0 Å². The monoisotopic (exact) mass is 436 g/mol. The molecule has 10 heteroatoms. The maximum Gasteiger partial charge on any atom is 0.514 e. The van der Waals surface area contributed by atoms with E-state index in [0.29, 0.717) is 32.5 Å². The third-order valence-electron chi connectivity index (χ3n) is 4.43. The van der Waals surface area contributed by atoms with Crippen molar-refractivity contribution in [2.75, 3.05) is 19.7 Å². The molecule has 1 amide bonds. The number of carbonyl (C=O) groups is 2. The van der Waals surface area contributed by atoms with E-state index in [1.54, 1.807) is 11.0 Å². The van der Waals surface area contributed by atoms with Gasteiger partial charge in [-0.1, -0.05) is 25.7 Å². The first-order valence-electron chi connectivity index (χ1n) is 9.85. The van der Waals surface area contributed by atoms with Crippen LogP contribution in [0.2, 0.25) is 25.7 Å². The van der Waals surface area contributed by atoms with Crippen LogP contribution >= 0.6 is 0 Å². The van der Waals surface area contributed by atoms with E-state index in [9.17, 15) is 19.7 Å². The Morgan fingerprint density at radius 1 is 1.20 bits per heavy atom. The van der Waals surface area contributed by atoms with E-state index >= 15 is 0 Å². The summed E-state index contributed by atoms with van der Waals surface area (Å²) in [7, 11) is -1.27. The molecule has 0 N–H and O–H groups in total.